The van der Waals surface area contributed by atoms with E-state index in [1.54, 1.807) is 6.20 Å². The topological polar surface area (TPSA) is 47.5 Å². The molecule has 0 amide bonds. The molecule has 5 heteroatoms. The van der Waals surface area contributed by atoms with E-state index < -0.39 is 0 Å². The standard InChI is InChI=1S/C18H21N3O2/c1-3-8-19-15(5-1)12-21-10-7-18(14-21)11-16(13-22-18)23-17-6-2-4-9-20-17/h1-6,8-9,16H,7,10-14H2/t16-,18-/m0/s1. The Morgan fingerprint density at radius 1 is 1.17 bits per heavy atom. The van der Waals surface area contributed by atoms with Gasteiger partial charge >= 0.3 is 0 Å². The summed E-state index contributed by atoms with van der Waals surface area (Å²) in [5.41, 5.74) is 1.05. The molecule has 2 saturated heterocycles. The molecule has 0 aromatic carbocycles. The largest absolute Gasteiger partial charge is 0.472 e. The Morgan fingerprint density at radius 3 is 2.83 bits per heavy atom. The van der Waals surface area contributed by atoms with Crippen LogP contribution in [0.4, 0.5) is 0 Å². The van der Waals surface area contributed by atoms with Crippen molar-refractivity contribution in [1.82, 2.24) is 14.9 Å². The lowest BCUT2D eigenvalue weighted by molar-refractivity contribution is 0.00916. The highest BCUT2D eigenvalue weighted by atomic mass is 16.6. The van der Waals surface area contributed by atoms with Crippen LogP contribution in [0.1, 0.15) is 18.5 Å². The van der Waals surface area contributed by atoms with Gasteiger partial charge in [-0.15, -0.1) is 0 Å². The Labute approximate surface area is 136 Å². The molecule has 2 fully saturated rings. The van der Waals surface area contributed by atoms with Crippen molar-refractivity contribution in [2.24, 2.45) is 0 Å². The van der Waals surface area contributed by atoms with E-state index in [9.17, 15) is 0 Å². The van der Waals surface area contributed by atoms with Gasteiger partial charge in [-0.2, -0.15) is 0 Å². The Morgan fingerprint density at radius 2 is 2.04 bits per heavy atom. The van der Waals surface area contributed by atoms with Crippen molar-refractivity contribution in [3.8, 4) is 5.88 Å². The molecule has 0 unspecified atom stereocenters. The van der Waals surface area contributed by atoms with Gasteiger partial charge in [-0.25, -0.2) is 4.98 Å². The molecule has 2 aromatic rings. The van der Waals surface area contributed by atoms with Crippen LogP contribution in [0.3, 0.4) is 0 Å². The zero-order chi connectivity index (χ0) is 15.5. The maximum Gasteiger partial charge on any atom is 0.213 e. The van der Waals surface area contributed by atoms with Crippen LogP contribution >= 0.6 is 0 Å². The summed E-state index contributed by atoms with van der Waals surface area (Å²) in [6.45, 7) is 3.53. The van der Waals surface area contributed by atoms with Crippen LogP contribution in [-0.4, -0.2) is 46.3 Å². The predicted octanol–water partition coefficient (Wildman–Crippen LogP) is 2.29. The molecular weight excluding hydrogens is 290 g/mol. The van der Waals surface area contributed by atoms with Gasteiger partial charge in [0.05, 0.1) is 17.9 Å². The van der Waals surface area contributed by atoms with E-state index in [1.807, 2.05) is 36.5 Å². The zero-order valence-corrected chi connectivity index (χ0v) is 13.1. The molecule has 2 aliphatic heterocycles. The first-order valence-electron chi connectivity index (χ1n) is 8.15. The summed E-state index contributed by atoms with van der Waals surface area (Å²) in [4.78, 5) is 11.1. The molecule has 2 aliphatic rings. The normalized spacial score (nSPS) is 27.6. The molecule has 4 heterocycles. The second kappa shape index (κ2) is 6.26. The van der Waals surface area contributed by atoms with Gasteiger partial charge in [0.15, 0.2) is 0 Å². The minimum absolute atomic E-state index is 0.0613. The predicted molar refractivity (Wildman–Crippen MR) is 86.1 cm³/mol. The van der Waals surface area contributed by atoms with Crippen molar-refractivity contribution < 1.29 is 9.47 Å². The lowest BCUT2D eigenvalue weighted by Gasteiger charge is -2.23. The van der Waals surface area contributed by atoms with E-state index in [-0.39, 0.29) is 11.7 Å². The van der Waals surface area contributed by atoms with Crippen molar-refractivity contribution in [1.29, 1.82) is 0 Å². The average Bonchev–Trinajstić information content (AvgIpc) is 3.16. The molecule has 0 radical (unpaired) electrons. The lowest BCUT2D eigenvalue weighted by atomic mass is 9.98. The van der Waals surface area contributed by atoms with E-state index in [1.165, 1.54) is 0 Å². The van der Waals surface area contributed by atoms with E-state index in [2.05, 4.69) is 20.9 Å². The van der Waals surface area contributed by atoms with Crippen molar-refractivity contribution in [3.63, 3.8) is 0 Å². The van der Waals surface area contributed by atoms with Crippen LogP contribution in [-0.2, 0) is 11.3 Å². The van der Waals surface area contributed by atoms with E-state index in [0.717, 1.165) is 38.2 Å². The summed E-state index contributed by atoms with van der Waals surface area (Å²) in [7, 11) is 0. The van der Waals surface area contributed by atoms with Crippen LogP contribution in [0.5, 0.6) is 5.88 Å². The van der Waals surface area contributed by atoms with Gasteiger partial charge in [-0.05, 0) is 24.6 Å². The molecule has 120 valence electrons. The first-order valence-corrected chi connectivity index (χ1v) is 8.15. The fourth-order valence-electron chi connectivity index (χ4n) is 3.53. The number of ether oxygens (including phenoxy) is 2. The molecular formula is C18H21N3O2. The molecule has 0 N–H and O–H groups in total. The summed E-state index contributed by atoms with van der Waals surface area (Å²) < 4.78 is 12.1. The van der Waals surface area contributed by atoms with E-state index >= 15 is 0 Å². The summed E-state index contributed by atoms with van der Waals surface area (Å²) in [5, 5.41) is 0. The average molecular weight is 311 g/mol. The molecule has 0 bridgehead atoms. The van der Waals surface area contributed by atoms with Crippen molar-refractivity contribution in [2.75, 3.05) is 19.7 Å². The maximum atomic E-state index is 6.14. The third-order valence-electron chi connectivity index (χ3n) is 4.61. The Kier molecular flexibility index (Phi) is 3.97. The highest BCUT2D eigenvalue weighted by Crippen LogP contribution is 2.36. The van der Waals surface area contributed by atoms with Crippen LogP contribution in [0.2, 0.25) is 0 Å². The quantitative estimate of drug-likeness (QED) is 0.867. The Bertz CT molecular complexity index is 578. The fraction of sp³-hybridized carbons (Fsp3) is 0.444. The second-order valence-electron chi connectivity index (χ2n) is 6.39. The molecule has 2 atom stereocenters. The smallest absolute Gasteiger partial charge is 0.213 e. The minimum Gasteiger partial charge on any atom is -0.472 e. The highest BCUT2D eigenvalue weighted by Gasteiger charge is 2.46. The minimum atomic E-state index is -0.0613. The zero-order valence-electron chi connectivity index (χ0n) is 13.1. The van der Waals surface area contributed by atoms with Gasteiger partial charge in [-0.1, -0.05) is 12.1 Å². The third-order valence-corrected chi connectivity index (χ3v) is 4.61. The van der Waals surface area contributed by atoms with E-state index in [4.69, 9.17) is 9.47 Å². The van der Waals surface area contributed by atoms with Gasteiger partial charge in [0.2, 0.25) is 5.88 Å². The number of nitrogens with zero attached hydrogens (tertiary/aromatic N) is 3. The third kappa shape index (κ3) is 3.35. The number of likely N-dealkylation sites (tertiary alicyclic amines) is 1. The van der Waals surface area contributed by atoms with Crippen LogP contribution in [0.15, 0.2) is 48.8 Å². The fourth-order valence-corrected chi connectivity index (χ4v) is 3.53. The summed E-state index contributed by atoms with van der Waals surface area (Å²) in [6.07, 6.45) is 5.69. The van der Waals surface area contributed by atoms with Gasteiger partial charge < -0.3 is 9.47 Å². The number of rotatable bonds is 4. The molecule has 5 nitrogen and oxygen atoms in total. The van der Waals surface area contributed by atoms with Crippen molar-refractivity contribution in [3.05, 3.63) is 54.5 Å². The first-order chi connectivity index (χ1) is 11.3. The first kappa shape index (κ1) is 14.6. The van der Waals surface area contributed by atoms with Gasteiger partial charge in [-0.3, -0.25) is 9.88 Å². The van der Waals surface area contributed by atoms with Crippen LogP contribution < -0.4 is 4.74 Å². The number of hydrogen-bond acceptors (Lipinski definition) is 5. The summed E-state index contributed by atoms with van der Waals surface area (Å²) >= 11 is 0. The molecule has 2 aromatic heterocycles. The van der Waals surface area contributed by atoms with Crippen LogP contribution in [0.25, 0.3) is 0 Å². The SMILES string of the molecule is c1ccc(CN2CC[C@]3(C[C@H](Oc4ccccn4)CO3)C2)nc1. The van der Waals surface area contributed by atoms with Crippen molar-refractivity contribution >= 4 is 0 Å². The highest BCUT2D eigenvalue weighted by molar-refractivity contribution is 5.11. The molecule has 0 saturated carbocycles. The van der Waals surface area contributed by atoms with Gasteiger partial charge in [0.1, 0.15) is 6.10 Å². The lowest BCUT2D eigenvalue weighted by Crippen LogP contribution is -2.33. The second-order valence-corrected chi connectivity index (χ2v) is 6.39. The van der Waals surface area contributed by atoms with Crippen molar-refractivity contribution in [2.45, 2.75) is 31.1 Å². The molecule has 4 rings (SSSR count). The number of hydrogen-bond donors (Lipinski definition) is 0. The number of aromatic nitrogens is 2. The molecule has 0 aliphatic carbocycles. The maximum absolute atomic E-state index is 6.14. The molecule has 23 heavy (non-hydrogen) atoms. The monoisotopic (exact) mass is 311 g/mol. The summed E-state index contributed by atoms with van der Waals surface area (Å²) in [6, 6.07) is 11.8. The van der Waals surface area contributed by atoms with Gasteiger partial charge in [0, 0.05) is 44.5 Å². The molecule has 1 spiro atoms. The number of pyridine rings is 2. The van der Waals surface area contributed by atoms with Crippen LogP contribution in [0, 0.1) is 0 Å². The Hall–Kier alpha value is -1.98. The van der Waals surface area contributed by atoms with Gasteiger partial charge in [0.25, 0.3) is 0 Å². The summed E-state index contributed by atoms with van der Waals surface area (Å²) in [5.74, 6) is 0.682. The Balaban J connectivity index is 1.34. The van der Waals surface area contributed by atoms with E-state index in [0.29, 0.717) is 12.5 Å².